The summed E-state index contributed by atoms with van der Waals surface area (Å²) in [5.74, 6) is -3.79. The van der Waals surface area contributed by atoms with Gasteiger partial charge >= 0.3 is 11.9 Å². The number of thioether (sulfide) groups is 1. The van der Waals surface area contributed by atoms with Gasteiger partial charge in [0.15, 0.2) is 0 Å². The van der Waals surface area contributed by atoms with E-state index in [1.807, 2.05) is 11.8 Å². The van der Waals surface area contributed by atoms with Crippen LogP contribution in [0, 0.1) is 5.82 Å². The molecule has 14 heteroatoms. The van der Waals surface area contributed by atoms with Gasteiger partial charge in [0.25, 0.3) is 11.8 Å². The number of rotatable bonds is 8. The number of hydrogen-bond donors (Lipinski definition) is 2. The van der Waals surface area contributed by atoms with Crippen LogP contribution in [0.4, 0.5) is 10.1 Å². The maximum Gasteiger partial charge on any atom is 0.352 e. The molecular formula is C28H32FN5O7S. The van der Waals surface area contributed by atoms with E-state index in [4.69, 9.17) is 4.74 Å². The molecule has 224 valence electrons. The number of carboxylic acid groups (broad SMARTS) is 1. The molecule has 3 aliphatic heterocycles. The molecule has 1 aromatic carbocycles. The average Bonchev–Trinajstić information content (AvgIpc) is 2.98. The highest BCUT2D eigenvalue weighted by molar-refractivity contribution is 8.00. The molecule has 0 bridgehead atoms. The molecule has 2 saturated heterocycles. The molecule has 42 heavy (non-hydrogen) atoms. The summed E-state index contributed by atoms with van der Waals surface area (Å²) in [6.45, 7) is 9.10. The quantitative estimate of drug-likeness (QED) is 0.335. The van der Waals surface area contributed by atoms with Crippen molar-refractivity contribution in [2.24, 2.45) is 0 Å². The smallest absolute Gasteiger partial charge is 0.352 e. The number of halogens is 1. The summed E-state index contributed by atoms with van der Waals surface area (Å²) in [7, 11) is 0. The number of fused-ring (bicyclic) bond motifs is 2. The molecule has 4 heterocycles. The lowest BCUT2D eigenvalue weighted by atomic mass is 10.0. The number of carbonyl (C=O) groups excluding carboxylic acids is 3. The number of likely N-dealkylation sites (N-methyl/N-ethyl adjacent to an activating group) is 1. The van der Waals surface area contributed by atoms with E-state index in [1.54, 1.807) is 10.6 Å². The standard InChI is InChI=1S/C28H32FN5O7S/c1-4-31-6-8-33(9-7-31)21-11-20-17(10-19(21)29)24(36)18(12-32(20)5-2)25(37)30-22-26(38)34-23(28(39)40)16(13-41-15(3)35)14-42-27(22)34/h10-12,22,27H,4-9,13-14H2,1-3H3,(H,30,37)(H,39,40)/t22-,27-/m1/s1. The fraction of sp³-hybridized carbons (Fsp3) is 0.464. The number of anilines is 1. The summed E-state index contributed by atoms with van der Waals surface area (Å²) in [6, 6.07) is 1.75. The van der Waals surface area contributed by atoms with E-state index in [0.717, 1.165) is 24.5 Å². The number of aryl methyl sites for hydroxylation is 1. The first kappa shape index (κ1) is 29.6. The van der Waals surface area contributed by atoms with Crippen LogP contribution in [0.15, 0.2) is 34.4 Å². The van der Waals surface area contributed by atoms with Crippen LogP contribution in [0.2, 0.25) is 0 Å². The van der Waals surface area contributed by atoms with Gasteiger partial charge < -0.3 is 29.5 Å². The second-order valence-corrected chi connectivity index (χ2v) is 11.4. The molecular weight excluding hydrogens is 569 g/mol. The van der Waals surface area contributed by atoms with Crippen LogP contribution in [0.3, 0.4) is 0 Å². The largest absolute Gasteiger partial charge is 0.477 e. The Morgan fingerprint density at radius 3 is 2.45 bits per heavy atom. The van der Waals surface area contributed by atoms with Crippen molar-refractivity contribution >= 4 is 52.1 Å². The van der Waals surface area contributed by atoms with Gasteiger partial charge in [0.1, 0.15) is 35.1 Å². The van der Waals surface area contributed by atoms with E-state index in [1.165, 1.54) is 30.9 Å². The molecule has 12 nitrogen and oxygen atoms in total. The summed E-state index contributed by atoms with van der Waals surface area (Å²) in [6.07, 6.45) is 1.41. The minimum Gasteiger partial charge on any atom is -0.477 e. The van der Waals surface area contributed by atoms with Crippen molar-refractivity contribution in [1.29, 1.82) is 0 Å². The molecule has 0 spiro atoms. The van der Waals surface area contributed by atoms with E-state index in [0.29, 0.717) is 30.8 Å². The molecule has 0 unspecified atom stereocenters. The predicted octanol–water partition coefficient (Wildman–Crippen LogP) is 1.22. The maximum atomic E-state index is 15.3. The van der Waals surface area contributed by atoms with Gasteiger partial charge in [0.2, 0.25) is 5.43 Å². The number of pyridine rings is 1. The highest BCUT2D eigenvalue weighted by Crippen LogP contribution is 2.40. The highest BCUT2D eigenvalue weighted by atomic mass is 32.2. The van der Waals surface area contributed by atoms with Crippen LogP contribution in [-0.4, -0.2) is 99.7 Å². The van der Waals surface area contributed by atoms with Gasteiger partial charge in [-0.15, -0.1) is 11.8 Å². The predicted molar refractivity (Wildman–Crippen MR) is 154 cm³/mol. The maximum absolute atomic E-state index is 15.3. The van der Waals surface area contributed by atoms with Crippen LogP contribution in [0.25, 0.3) is 10.9 Å². The molecule has 1 aromatic heterocycles. The van der Waals surface area contributed by atoms with Crippen LogP contribution in [0.1, 0.15) is 31.1 Å². The SMILES string of the molecule is CCN1CCN(c2cc3c(cc2F)c(=O)c(C(=O)N[C@@H]2C(=O)N4C(C(=O)O)=C(COC(C)=O)CS[C@H]24)cn3CC)CC1. The molecule has 2 amide bonds. The number of hydrogen-bond acceptors (Lipinski definition) is 9. The molecule has 5 rings (SSSR count). The van der Waals surface area contributed by atoms with E-state index >= 15 is 4.39 Å². The fourth-order valence-corrected chi connectivity index (χ4v) is 6.90. The number of β-lactam (4-membered cyclic amide) rings is 1. The van der Waals surface area contributed by atoms with E-state index in [2.05, 4.69) is 17.1 Å². The number of carbonyl (C=O) groups is 4. The summed E-state index contributed by atoms with van der Waals surface area (Å²) < 4.78 is 22.0. The van der Waals surface area contributed by atoms with Gasteiger partial charge in [-0.3, -0.25) is 24.1 Å². The van der Waals surface area contributed by atoms with Crippen molar-refractivity contribution in [3.63, 3.8) is 0 Å². The van der Waals surface area contributed by atoms with E-state index < -0.39 is 46.4 Å². The van der Waals surface area contributed by atoms with Gasteiger partial charge in [0.05, 0.1) is 11.2 Å². The number of aliphatic carboxylic acids is 1. The third-order valence-electron chi connectivity index (χ3n) is 7.88. The topological polar surface area (TPSA) is 141 Å². The molecule has 3 aliphatic rings. The number of piperazine rings is 1. The number of carboxylic acids is 1. The monoisotopic (exact) mass is 601 g/mol. The van der Waals surface area contributed by atoms with Crippen LogP contribution in [-0.2, 0) is 25.7 Å². The van der Waals surface area contributed by atoms with Crippen molar-refractivity contribution in [2.75, 3.05) is 50.0 Å². The van der Waals surface area contributed by atoms with E-state index in [-0.39, 0.29) is 34.6 Å². The molecule has 2 N–H and O–H groups in total. The molecule has 2 fully saturated rings. The third-order valence-corrected chi connectivity index (χ3v) is 9.22. The number of nitrogens with zero attached hydrogens (tertiary/aromatic N) is 4. The first-order valence-electron chi connectivity index (χ1n) is 13.7. The van der Waals surface area contributed by atoms with Gasteiger partial charge in [0, 0.05) is 62.6 Å². The number of ether oxygens (including phenoxy) is 1. The summed E-state index contributed by atoms with van der Waals surface area (Å²) in [4.78, 5) is 68.2. The normalized spacial score (nSPS) is 20.8. The minimum atomic E-state index is -1.35. The fourth-order valence-electron chi connectivity index (χ4n) is 5.57. The Morgan fingerprint density at radius 2 is 1.83 bits per heavy atom. The number of aromatic nitrogens is 1. The van der Waals surface area contributed by atoms with Gasteiger partial charge in [-0.05, 0) is 25.6 Å². The summed E-state index contributed by atoms with van der Waals surface area (Å²) >= 11 is 1.21. The molecule has 0 aliphatic carbocycles. The average molecular weight is 602 g/mol. The number of amides is 2. The van der Waals surface area contributed by atoms with E-state index in [9.17, 15) is 29.1 Å². The third kappa shape index (κ3) is 5.24. The Bertz CT molecular complexity index is 1570. The van der Waals surface area contributed by atoms with Gasteiger partial charge in [-0.1, -0.05) is 6.92 Å². The zero-order chi connectivity index (χ0) is 30.3. The van der Waals surface area contributed by atoms with Crippen LogP contribution < -0.4 is 15.6 Å². The zero-order valence-corrected chi connectivity index (χ0v) is 24.3. The Morgan fingerprint density at radius 1 is 1.12 bits per heavy atom. The lowest BCUT2D eigenvalue weighted by molar-refractivity contribution is -0.149. The highest BCUT2D eigenvalue weighted by Gasteiger charge is 2.54. The summed E-state index contributed by atoms with van der Waals surface area (Å²) in [5.41, 5.74) is -0.0172. The van der Waals surface area contributed by atoms with Crippen molar-refractivity contribution < 1.29 is 33.4 Å². The molecule has 2 aromatic rings. The molecule has 0 saturated carbocycles. The summed E-state index contributed by atoms with van der Waals surface area (Å²) in [5, 5.41) is 11.7. The first-order valence-corrected chi connectivity index (χ1v) is 14.8. The van der Waals surface area contributed by atoms with Gasteiger partial charge in [-0.25, -0.2) is 9.18 Å². The van der Waals surface area contributed by atoms with Crippen LogP contribution >= 0.6 is 11.8 Å². The minimum absolute atomic E-state index is 0.0535. The second-order valence-electron chi connectivity index (χ2n) is 10.3. The Balaban J connectivity index is 1.39. The lowest BCUT2D eigenvalue weighted by Crippen LogP contribution is -2.70. The number of benzene rings is 1. The zero-order valence-electron chi connectivity index (χ0n) is 23.5. The van der Waals surface area contributed by atoms with Crippen molar-refractivity contribution in [3.05, 3.63) is 51.2 Å². The van der Waals surface area contributed by atoms with Crippen molar-refractivity contribution in [2.45, 2.75) is 38.7 Å². The number of nitrogens with one attached hydrogen (secondary N) is 1. The second kappa shape index (κ2) is 11.8. The van der Waals surface area contributed by atoms with Gasteiger partial charge in [-0.2, -0.15) is 0 Å². The van der Waals surface area contributed by atoms with Crippen molar-refractivity contribution in [3.8, 4) is 0 Å². The first-order chi connectivity index (χ1) is 20.0. The van der Waals surface area contributed by atoms with Crippen LogP contribution in [0.5, 0.6) is 0 Å². The molecule has 0 radical (unpaired) electrons. The van der Waals surface area contributed by atoms with Crippen molar-refractivity contribution in [1.82, 2.24) is 19.7 Å². The Hall–Kier alpha value is -3.91. The molecule has 2 atom stereocenters. The number of esters is 1. The Labute approximate surface area is 245 Å². The lowest BCUT2D eigenvalue weighted by Gasteiger charge is -2.49. The Kier molecular flexibility index (Phi) is 8.28.